The van der Waals surface area contributed by atoms with Gasteiger partial charge in [0, 0.05) is 11.8 Å². The molecule has 0 bridgehead atoms. The second-order valence-electron chi connectivity index (χ2n) is 4.69. The molecule has 4 nitrogen and oxygen atoms in total. The SMILES string of the molecule is C[C@H](NC(=O)c1ccc(CCN)cc1)c1ccccn1. The summed E-state index contributed by atoms with van der Waals surface area (Å²) in [6.45, 7) is 2.53. The minimum Gasteiger partial charge on any atom is -0.344 e. The Morgan fingerprint density at radius 1 is 1.25 bits per heavy atom. The molecule has 1 aromatic heterocycles. The minimum atomic E-state index is -0.118. The number of nitrogens with two attached hydrogens (primary N) is 1. The number of benzene rings is 1. The summed E-state index contributed by atoms with van der Waals surface area (Å²) in [6.07, 6.45) is 2.55. The summed E-state index contributed by atoms with van der Waals surface area (Å²) >= 11 is 0. The first kappa shape index (κ1) is 14.2. The van der Waals surface area contributed by atoms with E-state index < -0.39 is 0 Å². The predicted octanol–water partition coefficient (Wildman–Crippen LogP) is 2.07. The van der Waals surface area contributed by atoms with Crippen molar-refractivity contribution >= 4 is 5.91 Å². The van der Waals surface area contributed by atoms with Crippen molar-refractivity contribution in [2.24, 2.45) is 5.73 Å². The number of hydrogen-bond donors (Lipinski definition) is 2. The molecule has 0 saturated carbocycles. The van der Waals surface area contributed by atoms with E-state index >= 15 is 0 Å². The van der Waals surface area contributed by atoms with Crippen molar-refractivity contribution in [1.82, 2.24) is 10.3 Å². The largest absolute Gasteiger partial charge is 0.344 e. The molecular weight excluding hydrogens is 250 g/mol. The molecule has 1 heterocycles. The third kappa shape index (κ3) is 3.65. The number of amides is 1. The van der Waals surface area contributed by atoms with E-state index in [1.165, 1.54) is 0 Å². The summed E-state index contributed by atoms with van der Waals surface area (Å²) < 4.78 is 0. The van der Waals surface area contributed by atoms with Crippen LogP contribution in [0.4, 0.5) is 0 Å². The summed E-state index contributed by atoms with van der Waals surface area (Å²) in [4.78, 5) is 16.4. The molecule has 0 fully saturated rings. The van der Waals surface area contributed by atoms with Crippen LogP contribution in [0.25, 0.3) is 0 Å². The first-order valence-electron chi connectivity index (χ1n) is 6.71. The molecule has 104 valence electrons. The molecule has 2 aromatic rings. The van der Waals surface area contributed by atoms with Crippen molar-refractivity contribution in [3.63, 3.8) is 0 Å². The summed E-state index contributed by atoms with van der Waals surface area (Å²) in [5.74, 6) is -0.0950. The molecule has 0 spiro atoms. The van der Waals surface area contributed by atoms with Crippen molar-refractivity contribution in [1.29, 1.82) is 0 Å². The van der Waals surface area contributed by atoms with E-state index in [0.29, 0.717) is 12.1 Å². The van der Waals surface area contributed by atoms with Gasteiger partial charge in [-0.15, -0.1) is 0 Å². The van der Waals surface area contributed by atoms with Gasteiger partial charge >= 0.3 is 0 Å². The minimum absolute atomic E-state index is 0.0950. The van der Waals surface area contributed by atoms with Crippen molar-refractivity contribution in [3.05, 3.63) is 65.5 Å². The van der Waals surface area contributed by atoms with Crippen LogP contribution in [0.3, 0.4) is 0 Å². The lowest BCUT2D eigenvalue weighted by atomic mass is 10.1. The highest BCUT2D eigenvalue weighted by molar-refractivity contribution is 5.94. The molecule has 0 aliphatic heterocycles. The van der Waals surface area contributed by atoms with Crippen LogP contribution < -0.4 is 11.1 Å². The Morgan fingerprint density at radius 2 is 2.00 bits per heavy atom. The predicted molar refractivity (Wildman–Crippen MR) is 79.3 cm³/mol. The number of hydrogen-bond acceptors (Lipinski definition) is 3. The van der Waals surface area contributed by atoms with Crippen molar-refractivity contribution in [2.75, 3.05) is 6.54 Å². The van der Waals surface area contributed by atoms with Gasteiger partial charge in [-0.1, -0.05) is 18.2 Å². The average Bonchev–Trinajstić information content (AvgIpc) is 2.49. The van der Waals surface area contributed by atoms with Gasteiger partial charge in [0.05, 0.1) is 11.7 Å². The van der Waals surface area contributed by atoms with Gasteiger partial charge in [0.2, 0.25) is 0 Å². The maximum atomic E-state index is 12.1. The fourth-order valence-electron chi connectivity index (χ4n) is 1.98. The summed E-state index contributed by atoms with van der Waals surface area (Å²) in [7, 11) is 0. The lowest BCUT2D eigenvalue weighted by Crippen LogP contribution is -2.27. The van der Waals surface area contributed by atoms with Crippen LogP contribution in [-0.4, -0.2) is 17.4 Å². The van der Waals surface area contributed by atoms with Crippen molar-refractivity contribution in [3.8, 4) is 0 Å². The van der Waals surface area contributed by atoms with Gasteiger partial charge in [0.15, 0.2) is 0 Å². The number of pyridine rings is 1. The van der Waals surface area contributed by atoms with Crippen LogP contribution in [0, 0.1) is 0 Å². The smallest absolute Gasteiger partial charge is 0.251 e. The Kier molecular flexibility index (Phi) is 4.85. The van der Waals surface area contributed by atoms with Gasteiger partial charge in [-0.3, -0.25) is 9.78 Å². The van der Waals surface area contributed by atoms with E-state index in [2.05, 4.69) is 10.3 Å². The Bertz CT molecular complexity index is 552. The molecule has 20 heavy (non-hydrogen) atoms. The van der Waals surface area contributed by atoms with E-state index in [9.17, 15) is 4.79 Å². The van der Waals surface area contributed by atoms with Gasteiger partial charge in [-0.25, -0.2) is 0 Å². The maximum absolute atomic E-state index is 12.1. The van der Waals surface area contributed by atoms with E-state index in [1.807, 2.05) is 49.4 Å². The topological polar surface area (TPSA) is 68.0 Å². The first-order valence-corrected chi connectivity index (χ1v) is 6.71. The van der Waals surface area contributed by atoms with Gasteiger partial charge in [-0.2, -0.15) is 0 Å². The number of rotatable bonds is 5. The molecule has 0 aliphatic carbocycles. The van der Waals surface area contributed by atoms with Gasteiger partial charge < -0.3 is 11.1 Å². The zero-order chi connectivity index (χ0) is 14.4. The Hall–Kier alpha value is -2.20. The standard InChI is InChI=1S/C16H19N3O/c1-12(15-4-2-3-11-18-15)19-16(20)14-7-5-13(6-8-14)9-10-17/h2-8,11-12H,9-10,17H2,1H3,(H,19,20)/t12-/m0/s1. The summed E-state index contributed by atoms with van der Waals surface area (Å²) in [6, 6.07) is 13.1. The molecule has 3 N–H and O–H groups in total. The Balaban J connectivity index is 2.01. The van der Waals surface area contributed by atoms with E-state index in [4.69, 9.17) is 5.73 Å². The third-order valence-electron chi connectivity index (χ3n) is 3.13. The maximum Gasteiger partial charge on any atom is 0.251 e. The highest BCUT2D eigenvalue weighted by Gasteiger charge is 2.11. The molecular formula is C16H19N3O. The number of aromatic nitrogens is 1. The zero-order valence-electron chi connectivity index (χ0n) is 11.5. The van der Waals surface area contributed by atoms with Crippen molar-refractivity contribution < 1.29 is 4.79 Å². The normalized spacial score (nSPS) is 11.9. The number of nitrogens with one attached hydrogen (secondary N) is 1. The molecule has 0 radical (unpaired) electrons. The average molecular weight is 269 g/mol. The molecule has 2 rings (SSSR count). The first-order chi connectivity index (χ1) is 9.70. The lowest BCUT2D eigenvalue weighted by molar-refractivity contribution is 0.0939. The molecule has 0 unspecified atom stereocenters. The summed E-state index contributed by atoms with van der Waals surface area (Å²) in [5.41, 5.74) is 8.14. The highest BCUT2D eigenvalue weighted by atomic mass is 16.1. The van der Waals surface area contributed by atoms with Crippen LogP contribution in [0.15, 0.2) is 48.7 Å². The number of nitrogens with zero attached hydrogens (tertiary/aromatic N) is 1. The van der Waals surface area contributed by atoms with Crippen LogP contribution >= 0.6 is 0 Å². The third-order valence-corrected chi connectivity index (χ3v) is 3.13. The van der Waals surface area contributed by atoms with E-state index in [-0.39, 0.29) is 11.9 Å². The second kappa shape index (κ2) is 6.82. The summed E-state index contributed by atoms with van der Waals surface area (Å²) in [5, 5.41) is 2.94. The lowest BCUT2D eigenvalue weighted by Gasteiger charge is -2.13. The molecule has 1 amide bonds. The second-order valence-corrected chi connectivity index (χ2v) is 4.69. The Labute approximate surface area is 119 Å². The van der Waals surface area contributed by atoms with Crippen molar-refractivity contribution in [2.45, 2.75) is 19.4 Å². The fraction of sp³-hybridized carbons (Fsp3) is 0.250. The van der Waals surface area contributed by atoms with Gasteiger partial charge in [-0.05, 0) is 49.7 Å². The molecule has 1 aromatic carbocycles. The van der Waals surface area contributed by atoms with Crippen LogP contribution in [-0.2, 0) is 6.42 Å². The van der Waals surface area contributed by atoms with Crippen LogP contribution in [0.2, 0.25) is 0 Å². The quantitative estimate of drug-likeness (QED) is 0.873. The number of carbonyl (C=O) groups excluding carboxylic acids is 1. The fourth-order valence-corrected chi connectivity index (χ4v) is 1.98. The zero-order valence-corrected chi connectivity index (χ0v) is 11.5. The van der Waals surface area contributed by atoms with E-state index in [0.717, 1.165) is 17.7 Å². The van der Waals surface area contributed by atoms with Gasteiger partial charge in [0.25, 0.3) is 5.91 Å². The van der Waals surface area contributed by atoms with Crippen LogP contribution in [0.5, 0.6) is 0 Å². The molecule has 0 aliphatic rings. The Morgan fingerprint density at radius 3 is 2.60 bits per heavy atom. The monoisotopic (exact) mass is 269 g/mol. The van der Waals surface area contributed by atoms with Crippen LogP contribution in [0.1, 0.15) is 34.6 Å². The molecule has 0 saturated heterocycles. The number of carbonyl (C=O) groups is 1. The van der Waals surface area contributed by atoms with E-state index in [1.54, 1.807) is 6.20 Å². The van der Waals surface area contributed by atoms with Gasteiger partial charge in [0.1, 0.15) is 0 Å². The highest BCUT2D eigenvalue weighted by Crippen LogP contribution is 2.10. The molecule has 1 atom stereocenters. The molecule has 4 heteroatoms.